The quantitative estimate of drug-likeness (QED) is 0.616. The summed E-state index contributed by atoms with van der Waals surface area (Å²) in [6, 6.07) is 0. The van der Waals surface area contributed by atoms with Gasteiger partial charge in [-0.2, -0.15) is 0 Å². The van der Waals surface area contributed by atoms with Gasteiger partial charge in [-0.1, -0.05) is 6.58 Å². The third kappa shape index (κ3) is 0.934. The van der Waals surface area contributed by atoms with Crippen molar-refractivity contribution in [2.45, 2.75) is 0 Å². The van der Waals surface area contributed by atoms with E-state index in [0.717, 1.165) is 11.5 Å². The van der Waals surface area contributed by atoms with E-state index in [4.69, 9.17) is 0 Å². The van der Waals surface area contributed by atoms with Crippen molar-refractivity contribution >= 4 is 12.2 Å². The van der Waals surface area contributed by atoms with Crippen LogP contribution in [0.3, 0.4) is 0 Å². The van der Waals surface area contributed by atoms with E-state index in [1.807, 2.05) is 0 Å². The minimum Gasteiger partial charge on any atom is -0.356 e. The van der Waals surface area contributed by atoms with Crippen molar-refractivity contribution in [1.82, 2.24) is 10.2 Å². The highest BCUT2D eigenvalue weighted by Gasteiger charge is 2.15. The fourth-order valence-electron chi connectivity index (χ4n) is 1.04. The van der Waals surface area contributed by atoms with Gasteiger partial charge in [0, 0.05) is 18.6 Å². The number of aliphatic imine (C=N–C) groups is 2. The van der Waals surface area contributed by atoms with Gasteiger partial charge in [0.1, 0.15) is 12.0 Å². The number of fused-ring (bicyclic) bond motifs is 1. The van der Waals surface area contributed by atoms with E-state index in [-0.39, 0.29) is 0 Å². The summed E-state index contributed by atoms with van der Waals surface area (Å²) in [6.07, 6.45) is 8.51. The molecule has 0 saturated heterocycles. The lowest BCUT2D eigenvalue weighted by Gasteiger charge is -2.22. The Kier molecular flexibility index (Phi) is 1.51. The van der Waals surface area contributed by atoms with Gasteiger partial charge in [0.25, 0.3) is 0 Å². The second kappa shape index (κ2) is 2.65. The summed E-state index contributed by atoms with van der Waals surface area (Å²) in [4.78, 5) is 9.93. The molecule has 0 unspecified atom stereocenters. The average molecular weight is 160 g/mol. The smallest absolute Gasteiger partial charge is 0.163 e. The summed E-state index contributed by atoms with van der Waals surface area (Å²) in [5.41, 5.74) is 0.889. The maximum absolute atomic E-state index is 4.17. The standard InChI is InChI=1S/C8H8N4/c1-2-12-6-9-5-7-8(12)11-4-3-10-7/h2-6,10H,1H2. The molecule has 0 bridgehead atoms. The molecule has 0 aliphatic carbocycles. The summed E-state index contributed by atoms with van der Waals surface area (Å²) < 4.78 is 0. The molecule has 4 heteroatoms. The van der Waals surface area contributed by atoms with Crippen LogP contribution in [0.15, 0.2) is 47.1 Å². The topological polar surface area (TPSA) is 40.0 Å². The molecule has 0 fully saturated rings. The Bertz CT molecular complexity index is 322. The molecule has 1 N–H and O–H groups in total. The van der Waals surface area contributed by atoms with Crippen LogP contribution in [0.5, 0.6) is 0 Å². The summed E-state index contributed by atoms with van der Waals surface area (Å²) in [6.45, 7) is 3.65. The SMILES string of the molecule is C=CN1C=NC=C2NC=CN=C21. The summed E-state index contributed by atoms with van der Waals surface area (Å²) in [5.74, 6) is 0.822. The minimum absolute atomic E-state index is 0.822. The first-order chi connectivity index (χ1) is 5.92. The molecule has 0 aromatic rings. The number of hydrogen-bond acceptors (Lipinski definition) is 4. The Hall–Kier alpha value is -1.84. The minimum atomic E-state index is 0.822. The Labute approximate surface area is 70.3 Å². The molecule has 0 saturated carbocycles. The van der Waals surface area contributed by atoms with Crippen LogP contribution in [0.2, 0.25) is 0 Å². The Morgan fingerprint density at radius 1 is 1.58 bits per heavy atom. The fraction of sp³-hybridized carbons (Fsp3) is 0. The molecular weight excluding hydrogens is 152 g/mol. The first-order valence-electron chi connectivity index (χ1n) is 3.56. The molecule has 2 aliphatic heterocycles. The number of rotatable bonds is 1. The molecule has 60 valence electrons. The molecule has 2 heterocycles. The van der Waals surface area contributed by atoms with Gasteiger partial charge in [-0.15, -0.1) is 0 Å². The highest BCUT2D eigenvalue weighted by Crippen LogP contribution is 2.08. The largest absolute Gasteiger partial charge is 0.356 e. The first-order valence-corrected chi connectivity index (χ1v) is 3.56. The van der Waals surface area contributed by atoms with Crippen LogP contribution in [-0.2, 0) is 0 Å². The zero-order chi connectivity index (χ0) is 8.39. The van der Waals surface area contributed by atoms with E-state index in [2.05, 4.69) is 21.9 Å². The van der Waals surface area contributed by atoms with Gasteiger partial charge in [-0.05, 0) is 0 Å². The zero-order valence-corrected chi connectivity index (χ0v) is 6.44. The molecule has 0 aromatic carbocycles. The second-order valence-electron chi connectivity index (χ2n) is 2.31. The molecule has 0 radical (unpaired) electrons. The van der Waals surface area contributed by atoms with E-state index in [1.54, 1.807) is 36.0 Å². The van der Waals surface area contributed by atoms with Gasteiger partial charge in [0.15, 0.2) is 5.84 Å². The molecule has 2 aliphatic rings. The van der Waals surface area contributed by atoms with Crippen molar-refractivity contribution in [3.8, 4) is 0 Å². The van der Waals surface area contributed by atoms with Crippen LogP contribution in [-0.4, -0.2) is 17.1 Å². The Balaban J connectivity index is 2.40. The number of amidine groups is 1. The van der Waals surface area contributed by atoms with Gasteiger partial charge < -0.3 is 5.32 Å². The van der Waals surface area contributed by atoms with Gasteiger partial charge >= 0.3 is 0 Å². The third-order valence-corrected chi connectivity index (χ3v) is 1.59. The molecule has 4 nitrogen and oxygen atoms in total. The first kappa shape index (κ1) is 6.84. The molecule has 0 aromatic heterocycles. The monoisotopic (exact) mass is 160 g/mol. The fourth-order valence-corrected chi connectivity index (χ4v) is 1.04. The third-order valence-electron chi connectivity index (χ3n) is 1.59. The van der Waals surface area contributed by atoms with Gasteiger partial charge in [0.05, 0.1) is 6.20 Å². The van der Waals surface area contributed by atoms with Crippen molar-refractivity contribution < 1.29 is 0 Å². The second-order valence-corrected chi connectivity index (χ2v) is 2.31. The van der Waals surface area contributed by atoms with Crippen molar-refractivity contribution in [3.63, 3.8) is 0 Å². The summed E-state index contributed by atoms with van der Waals surface area (Å²) in [5, 5.41) is 3.03. The molecule has 0 spiro atoms. The number of nitrogens with one attached hydrogen (secondary N) is 1. The zero-order valence-electron chi connectivity index (χ0n) is 6.44. The predicted molar refractivity (Wildman–Crippen MR) is 48.3 cm³/mol. The lowest BCUT2D eigenvalue weighted by Crippen LogP contribution is -2.33. The average Bonchev–Trinajstić information content (AvgIpc) is 2.17. The van der Waals surface area contributed by atoms with Crippen molar-refractivity contribution in [2.24, 2.45) is 9.98 Å². The molecule has 0 amide bonds. The molecular formula is C8H8N4. The highest BCUT2D eigenvalue weighted by atomic mass is 15.2. The van der Waals surface area contributed by atoms with Crippen LogP contribution in [0.1, 0.15) is 0 Å². The lowest BCUT2D eigenvalue weighted by atomic mass is 10.3. The van der Waals surface area contributed by atoms with Crippen molar-refractivity contribution in [3.05, 3.63) is 37.1 Å². The number of hydrogen-bond donors (Lipinski definition) is 1. The Morgan fingerprint density at radius 2 is 2.50 bits per heavy atom. The van der Waals surface area contributed by atoms with Gasteiger partial charge in [-0.3, -0.25) is 4.90 Å². The maximum atomic E-state index is 4.17. The maximum Gasteiger partial charge on any atom is 0.163 e. The van der Waals surface area contributed by atoms with Gasteiger partial charge in [0.2, 0.25) is 0 Å². The van der Waals surface area contributed by atoms with Crippen molar-refractivity contribution in [1.29, 1.82) is 0 Å². The van der Waals surface area contributed by atoms with E-state index in [1.165, 1.54) is 0 Å². The Morgan fingerprint density at radius 3 is 3.33 bits per heavy atom. The highest BCUT2D eigenvalue weighted by molar-refractivity contribution is 6.06. The van der Waals surface area contributed by atoms with Crippen molar-refractivity contribution in [2.75, 3.05) is 0 Å². The van der Waals surface area contributed by atoms with Crippen LogP contribution in [0, 0.1) is 0 Å². The van der Waals surface area contributed by atoms with E-state index in [0.29, 0.717) is 0 Å². The van der Waals surface area contributed by atoms with Crippen LogP contribution in [0.25, 0.3) is 0 Å². The predicted octanol–water partition coefficient (Wildman–Crippen LogP) is 0.788. The normalized spacial score (nSPS) is 19.2. The lowest BCUT2D eigenvalue weighted by molar-refractivity contribution is 0.818. The van der Waals surface area contributed by atoms with Gasteiger partial charge in [-0.25, -0.2) is 9.98 Å². The molecule has 2 rings (SSSR count). The molecule has 12 heavy (non-hydrogen) atoms. The van der Waals surface area contributed by atoms with E-state index < -0.39 is 0 Å². The summed E-state index contributed by atoms with van der Waals surface area (Å²) >= 11 is 0. The van der Waals surface area contributed by atoms with Crippen LogP contribution >= 0.6 is 0 Å². The van der Waals surface area contributed by atoms with Crippen LogP contribution in [0.4, 0.5) is 0 Å². The van der Waals surface area contributed by atoms with E-state index >= 15 is 0 Å². The van der Waals surface area contributed by atoms with E-state index in [9.17, 15) is 0 Å². The van der Waals surface area contributed by atoms with Crippen LogP contribution < -0.4 is 5.32 Å². The number of nitrogens with zero attached hydrogens (tertiary/aromatic N) is 3. The summed E-state index contributed by atoms with van der Waals surface area (Å²) in [7, 11) is 0. The molecule has 0 atom stereocenters.